The molecule has 1 aromatic carbocycles. The molecule has 1 aromatic heterocycles. The lowest BCUT2D eigenvalue weighted by molar-refractivity contribution is -0.144. The Morgan fingerprint density at radius 1 is 1.32 bits per heavy atom. The summed E-state index contributed by atoms with van der Waals surface area (Å²) in [6, 6.07) is 7.40. The van der Waals surface area contributed by atoms with Crippen molar-refractivity contribution < 1.29 is 14.3 Å². The Hall–Kier alpha value is -2.63. The lowest BCUT2D eigenvalue weighted by atomic mass is 10.0. The number of esters is 1. The van der Waals surface area contributed by atoms with Gasteiger partial charge in [0.1, 0.15) is 0 Å². The summed E-state index contributed by atoms with van der Waals surface area (Å²) in [5.41, 5.74) is 2.21. The molecule has 0 bridgehead atoms. The van der Waals surface area contributed by atoms with Crippen molar-refractivity contribution in [2.75, 3.05) is 12.4 Å². The molecule has 2 aromatic rings. The number of ether oxygens (including phenoxy) is 1. The maximum atomic E-state index is 12.0. The molecule has 0 spiro atoms. The SMILES string of the molecule is COC(=O)[C@H](C)Cc1ccc(NC(=O)c2cnn(C)c2)cc1. The average Bonchev–Trinajstić information content (AvgIpc) is 2.95. The van der Waals surface area contributed by atoms with E-state index in [1.807, 2.05) is 31.2 Å². The molecule has 1 heterocycles. The summed E-state index contributed by atoms with van der Waals surface area (Å²) in [6.07, 6.45) is 3.77. The summed E-state index contributed by atoms with van der Waals surface area (Å²) in [5.74, 6) is -0.626. The predicted molar refractivity (Wildman–Crippen MR) is 82.5 cm³/mol. The quantitative estimate of drug-likeness (QED) is 0.858. The monoisotopic (exact) mass is 301 g/mol. The summed E-state index contributed by atoms with van der Waals surface area (Å²) in [7, 11) is 3.14. The van der Waals surface area contributed by atoms with Crippen LogP contribution in [0.4, 0.5) is 5.69 Å². The first kappa shape index (κ1) is 15.8. The number of anilines is 1. The highest BCUT2D eigenvalue weighted by atomic mass is 16.5. The third kappa shape index (κ3) is 3.94. The van der Waals surface area contributed by atoms with Crippen LogP contribution in [0, 0.1) is 5.92 Å². The Balaban J connectivity index is 1.97. The summed E-state index contributed by atoms with van der Waals surface area (Å²) in [6.45, 7) is 1.82. The van der Waals surface area contributed by atoms with E-state index in [-0.39, 0.29) is 17.8 Å². The number of benzene rings is 1. The Morgan fingerprint density at radius 2 is 2.00 bits per heavy atom. The van der Waals surface area contributed by atoms with Gasteiger partial charge >= 0.3 is 5.97 Å². The number of hydrogen-bond donors (Lipinski definition) is 1. The number of aromatic nitrogens is 2. The van der Waals surface area contributed by atoms with E-state index in [4.69, 9.17) is 4.74 Å². The molecule has 116 valence electrons. The highest BCUT2D eigenvalue weighted by molar-refractivity contribution is 6.03. The number of nitrogens with zero attached hydrogens (tertiary/aromatic N) is 2. The van der Waals surface area contributed by atoms with Crippen LogP contribution in [0.2, 0.25) is 0 Å². The van der Waals surface area contributed by atoms with Crippen LogP contribution in [-0.2, 0) is 23.0 Å². The van der Waals surface area contributed by atoms with Gasteiger partial charge < -0.3 is 10.1 Å². The molecule has 0 radical (unpaired) electrons. The van der Waals surface area contributed by atoms with Gasteiger partial charge in [-0.3, -0.25) is 14.3 Å². The van der Waals surface area contributed by atoms with Gasteiger partial charge in [-0.2, -0.15) is 5.10 Å². The Morgan fingerprint density at radius 3 is 2.55 bits per heavy atom. The first-order valence-corrected chi connectivity index (χ1v) is 6.96. The fourth-order valence-corrected chi connectivity index (χ4v) is 2.10. The van der Waals surface area contributed by atoms with Crippen LogP contribution in [0.3, 0.4) is 0 Å². The molecule has 6 heteroatoms. The van der Waals surface area contributed by atoms with E-state index < -0.39 is 0 Å². The number of aryl methyl sites for hydroxylation is 1. The van der Waals surface area contributed by atoms with Crippen LogP contribution in [0.5, 0.6) is 0 Å². The lowest BCUT2D eigenvalue weighted by Crippen LogP contribution is -2.15. The van der Waals surface area contributed by atoms with Gasteiger partial charge in [0, 0.05) is 18.9 Å². The van der Waals surface area contributed by atoms with Crippen LogP contribution >= 0.6 is 0 Å². The predicted octanol–water partition coefficient (Wildman–Crippen LogP) is 2.02. The minimum absolute atomic E-state index is 0.194. The van der Waals surface area contributed by atoms with Crippen molar-refractivity contribution in [2.45, 2.75) is 13.3 Å². The molecule has 0 aliphatic heterocycles. The van der Waals surface area contributed by atoms with Crippen LogP contribution < -0.4 is 5.32 Å². The van der Waals surface area contributed by atoms with Crippen molar-refractivity contribution >= 4 is 17.6 Å². The van der Waals surface area contributed by atoms with Gasteiger partial charge in [-0.05, 0) is 24.1 Å². The molecule has 6 nitrogen and oxygen atoms in total. The van der Waals surface area contributed by atoms with Gasteiger partial charge in [-0.1, -0.05) is 19.1 Å². The Bertz CT molecular complexity index is 662. The molecular formula is C16H19N3O3. The molecule has 22 heavy (non-hydrogen) atoms. The number of hydrogen-bond acceptors (Lipinski definition) is 4. The van der Waals surface area contributed by atoms with Crippen molar-refractivity contribution in [1.29, 1.82) is 0 Å². The first-order valence-electron chi connectivity index (χ1n) is 6.96. The van der Waals surface area contributed by atoms with Gasteiger partial charge in [-0.15, -0.1) is 0 Å². The molecule has 0 aliphatic carbocycles. The third-order valence-corrected chi connectivity index (χ3v) is 3.32. The van der Waals surface area contributed by atoms with Crippen molar-refractivity contribution in [3.63, 3.8) is 0 Å². The van der Waals surface area contributed by atoms with Gasteiger partial charge in [-0.25, -0.2) is 0 Å². The zero-order chi connectivity index (χ0) is 16.1. The molecule has 1 N–H and O–H groups in total. The average molecular weight is 301 g/mol. The molecule has 0 aliphatic rings. The zero-order valence-electron chi connectivity index (χ0n) is 12.9. The van der Waals surface area contributed by atoms with Crippen LogP contribution in [-0.4, -0.2) is 28.8 Å². The molecule has 1 atom stereocenters. The largest absolute Gasteiger partial charge is 0.469 e. The summed E-state index contributed by atoms with van der Waals surface area (Å²) in [4.78, 5) is 23.4. The molecule has 0 saturated carbocycles. The topological polar surface area (TPSA) is 73.2 Å². The van der Waals surface area contributed by atoms with Crippen molar-refractivity contribution in [2.24, 2.45) is 13.0 Å². The molecular weight excluding hydrogens is 282 g/mol. The van der Waals surface area contributed by atoms with Gasteiger partial charge in [0.15, 0.2) is 0 Å². The molecule has 0 fully saturated rings. The van der Waals surface area contributed by atoms with Gasteiger partial charge in [0.05, 0.1) is 24.8 Å². The number of nitrogens with one attached hydrogen (secondary N) is 1. The number of amides is 1. The molecule has 2 rings (SSSR count). The first-order chi connectivity index (χ1) is 10.5. The minimum atomic E-state index is -0.228. The normalized spacial score (nSPS) is 11.8. The van der Waals surface area contributed by atoms with Crippen molar-refractivity contribution in [3.8, 4) is 0 Å². The highest BCUT2D eigenvalue weighted by Gasteiger charge is 2.14. The lowest BCUT2D eigenvalue weighted by Gasteiger charge is -2.10. The molecule has 0 saturated heterocycles. The van der Waals surface area contributed by atoms with Crippen LogP contribution in [0.15, 0.2) is 36.7 Å². The van der Waals surface area contributed by atoms with Crippen LogP contribution in [0.25, 0.3) is 0 Å². The second-order valence-corrected chi connectivity index (χ2v) is 5.18. The maximum absolute atomic E-state index is 12.0. The van der Waals surface area contributed by atoms with E-state index >= 15 is 0 Å². The summed E-state index contributed by atoms with van der Waals surface area (Å²) < 4.78 is 6.28. The number of carbonyl (C=O) groups excluding carboxylic acids is 2. The van der Waals surface area contributed by atoms with E-state index in [2.05, 4.69) is 10.4 Å². The second kappa shape index (κ2) is 6.89. The smallest absolute Gasteiger partial charge is 0.308 e. The molecule has 1 amide bonds. The number of rotatable bonds is 5. The number of methoxy groups -OCH3 is 1. The number of carbonyl (C=O) groups is 2. The van der Waals surface area contributed by atoms with E-state index in [1.54, 1.807) is 17.9 Å². The maximum Gasteiger partial charge on any atom is 0.308 e. The molecule has 0 unspecified atom stereocenters. The fourth-order valence-electron chi connectivity index (χ4n) is 2.10. The van der Waals surface area contributed by atoms with Crippen molar-refractivity contribution in [3.05, 3.63) is 47.8 Å². The van der Waals surface area contributed by atoms with E-state index in [9.17, 15) is 9.59 Å². The highest BCUT2D eigenvalue weighted by Crippen LogP contribution is 2.15. The third-order valence-electron chi connectivity index (χ3n) is 3.32. The second-order valence-electron chi connectivity index (χ2n) is 5.18. The van der Waals surface area contributed by atoms with E-state index in [1.165, 1.54) is 13.3 Å². The Kier molecular flexibility index (Phi) is 4.93. The fraction of sp³-hybridized carbons (Fsp3) is 0.312. The summed E-state index contributed by atoms with van der Waals surface area (Å²) in [5, 5.41) is 6.76. The van der Waals surface area contributed by atoms with Gasteiger partial charge in [0.25, 0.3) is 5.91 Å². The summed E-state index contributed by atoms with van der Waals surface area (Å²) >= 11 is 0. The van der Waals surface area contributed by atoms with Crippen LogP contribution in [0.1, 0.15) is 22.8 Å². The van der Waals surface area contributed by atoms with E-state index in [0.717, 1.165) is 5.56 Å². The van der Waals surface area contributed by atoms with Gasteiger partial charge in [0.2, 0.25) is 0 Å². The Labute approximate surface area is 129 Å². The van der Waals surface area contributed by atoms with Crippen molar-refractivity contribution in [1.82, 2.24) is 9.78 Å². The van der Waals surface area contributed by atoms with E-state index in [0.29, 0.717) is 17.7 Å². The minimum Gasteiger partial charge on any atom is -0.469 e. The standard InChI is InChI=1S/C16H19N3O3/c1-11(16(21)22-3)8-12-4-6-14(7-5-12)18-15(20)13-9-17-19(2)10-13/h4-7,9-11H,8H2,1-3H3,(H,18,20)/t11-/m1/s1. The zero-order valence-corrected chi connectivity index (χ0v) is 12.9.